The Bertz CT molecular complexity index is 780. The van der Waals surface area contributed by atoms with E-state index in [4.69, 9.17) is 9.15 Å². The fraction of sp³-hybridized carbons (Fsp3) is 0.214. The van der Waals surface area contributed by atoms with E-state index in [2.05, 4.69) is 5.32 Å². The molecule has 0 radical (unpaired) electrons. The van der Waals surface area contributed by atoms with E-state index in [1.165, 1.54) is 33.3 Å². The summed E-state index contributed by atoms with van der Waals surface area (Å²) in [6, 6.07) is 9.34. The maximum Gasteiger partial charge on any atom is 0.291 e. The minimum absolute atomic E-state index is 0.0942. The van der Waals surface area contributed by atoms with Crippen molar-refractivity contribution in [1.29, 1.82) is 0 Å². The van der Waals surface area contributed by atoms with Crippen LogP contribution in [0.5, 0.6) is 5.75 Å². The van der Waals surface area contributed by atoms with E-state index in [-0.39, 0.29) is 10.9 Å². The van der Waals surface area contributed by atoms with Crippen molar-refractivity contribution in [2.75, 3.05) is 26.5 Å². The van der Waals surface area contributed by atoms with E-state index in [9.17, 15) is 13.2 Å². The van der Waals surface area contributed by atoms with Crippen LogP contribution in [0.4, 0.5) is 5.69 Å². The second kappa shape index (κ2) is 6.20. The first-order valence-corrected chi connectivity index (χ1v) is 7.76. The maximum absolute atomic E-state index is 12.1. The molecular weight excluding hydrogens is 308 g/mol. The number of hydrogen-bond donors (Lipinski definition) is 1. The van der Waals surface area contributed by atoms with Crippen molar-refractivity contribution in [3.8, 4) is 5.75 Å². The van der Waals surface area contributed by atoms with Crippen LogP contribution in [-0.2, 0) is 10.0 Å². The third kappa shape index (κ3) is 3.29. The maximum atomic E-state index is 12.1. The van der Waals surface area contributed by atoms with Gasteiger partial charge in [0.2, 0.25) is 5.09 Å². The van der Waals surface area contributed by atoms with Crippen molar-refractivity contribution in [2.24, 2.45) is 0 Å². The summed E-state index contributed by atoms with van der Waals surface area (Å²) < 4.78 is 35.0. The van der Waals surface area contributed by atoms with Crippen LogP contribution in [0.25, 0.3) is 0 Å². The lowest BCUT2D eigenvalue weighted by atomic mass is 10.3. The van der Waals surface area contributed by atoms with Gasteiger partial charge in [0.25, 0.3) is 15.9 Å². The number of anilines is 1. The summed E-state index contributed by atoms with van der Waals surface area (Å²) in [6.07, 6.45) is 0. The van der Waals surface area contributed by atoms with E-state index < -0.39 is 15.9 Å². The molecule has 0 spiro atoms. The quantitative estimate of drug-likeness (QED) is 0.906. The molecule has 0 aliphatic carbocycles. The van der Waals surface area contributed by atoms with Crippen molar-refractivity contribution in [3.63, 3.8) is 0 Å². The summed E-state index contributed by atoms with van der Waals surface area (Å²) in [4.78, 5) is 12.1. The van der Waals surface area contributed by atoms with Crippen LogP contribution >= 0.6 is 0 Å². The van der Waals surface area contributed by atoms with Crippen LogP contribution < -0.4 is 10.1 Å². The zero-order chi connectivity index (χ0) is 16.3. The molecular formula is C14H16N2O5S. The van der Waals surface area contributed by atoms with Gasteiger partial charge in [0.05, 0.1) is 7.11 Å². The summed E-state index contributed by atoms with van der Waals surface area (Å²) in [5.41, 5.74) is 0.512. The van der Waals surface area contributed by atoms with Gasteiger partial charge in [0, 0.05) is 25.8 Å². The number of carbonyl (C=O) groups excluding carboxylic acids is 1. The van der Waals surface area contributed by atoms with Gasteiger partial charge in [-0.3, -0.25) is 4.79 Å². The van der Waals surface area contributed by atoms with Gasteiger partial charge in [0.15, 0.2) is 5.76 Å². The molecule has 1 aromatic carbocycles. The van der Waals surface area contributed by atoms with Gasteiger partial charge in [-0.25, -0.2) is 12.7 Å². The molecule has 0 atom stereocenters. The summed E-state index contributed by atoms with van der Waals surface area (Å²) in [5.74, 6) is -0.0511. The molecule has 2 rings (SSSR count). The van der Waals surface area contributed by atoms with Crippen LogP contribution in [0, 0.1) is 0 Å². The standard InChI is InChI=1S/C14H16N2O5S/c1-16(2)22(18,19)13-8-7-12(21-13)14(17)15-10-5-4-6-11(9-10)20-3/h4-9H,1-3H3,(H,15,17). The van der Waals surface area contributed by atoms with Gasteiger partial charge < -0.3 is 14.5 Å². The second-order valence-electron chi connectivity index (χ2n) is 4.59. The van der Waals surface area contributed by atoms with Crippen molar-refractivity contribution in [3.05, 3.63) is 42.2 Å². The van der Waals surface area contributed by atoms with Gasteiger partial charge in [-0.15, -0.1) is 0 Å². The lowest BCUT2D eigenvalue weighted by molar-refractivity contribution is 0.0991. The number of sulfonamides is 1. The molecule has 7 nitrogen and oxygen atoms in total. The van der Waals surface area contributed by atoms with Gasteiger partial charge in [-0.1, -0.05) is 6.07 Å². The monoisotopic (exact) mass is 324 g/mol. The minimum Gasteiger partial charge on any atom is -0.497 e. The van der Waals surface area contributed by atoms with Crippen molar-refractivity contribution in [1.82, 2.24) is 4.31 Å². The molecule has 1 aromatic heterocycles. The molecule has 2 aromatic rings. The smallest absolute Gasteiger partial charge is 0.291 e. The molecule has 22 heavy (non-hydrogen) atoms. The number of nitrogens with one attached hydrogen (secondary N) is 1. The van der Waals surface area contributed by atoms with Crippen molar-refractivity contribution in [2.45, 2.75) is 5.09 Å². The lowest BCUT2D eigenvalue weighted by Crippen LogP contribution is -2.21. The molecule has 0 saturated carbocycles. The number of nitrogens with zero attached hydrogens (tertiary/aromatic N) is 1. The predicted octanol–water partition coefficient (Wildman–Crippen LogP) is 1.79. The lowest BCUT2D eigenvalue weighted by Gasteiger charge is -2.08. The molecule has 0 unspecified atom stereocenters. The molecule has 0 aliphatic rings. The number of rotatable bonds is 5. The molecule has 1 heterocycles. The first-order chi connectivity index (χ1) is 10.3. The minimum atomic E-state index is -3.71. The Morgan fingerprint density at radius 2 is 1.95 bits per heavy atom. The number of ether oxygens (including phenoxy) is 1. The largest absolute Gasteiger partial charge is 0.497 e. The molecule has 8 heteroatoms. The number of carbonyl (C=O) groups is 1. The SMILES string of the molecule is COc1cccc(NC(=O)c2ccc(S(=O)(=O)N(C)C)o2)c1. The van der Waals surface area contributed by atoms with E-state index in [0.717, 1.165) is 4.31 Å². The summed E-state index contributed by atoms with van der Waals surface area (Å²) in [6.45, 7) is 0. The van der Waals surface area contributed by atoms with Crippen molar-refractivity contribution < 1.29 is 22.4 Å². The fourth-order valence-electron chi connectivity index (χ4n) is 1.65. The van der Waals surface area contributed by atoms with Crippen molar-refractivity contribution >= 4 is 21.6 Å². The Hall–Kier alpha value is -2.32. The third-order valence-corrected chi connectivity index (χ3v) is 4.56. The Morgan fingerprint density at radius 3 is 2.59 bits per heavy atom. The van der Waals surface area contributed by atoms with Gasteiger partial charge in [-0.2, -0.15) is 0 Å². The van der Waals surface area contributed by atoms with Crippen LogP contribution in [0.3, 0.4) is 0 Å². The Morgan fingerprint density at radius 1 is 1.23 bits per heavy atom. The summed E-state index contributed by atoms with van der Waals surface area (Å²) in [7, 11) is 0.579. The van der Waals surface area contributed by atoms with Gasteiger partial charge in [-0.05, 0) is 24.3 Å². The van der Waals surface area contributed by atoms with Crippen LogP contribution in [0.2, 0.25) is 0 Å². The van der Waals surface area contributed by atoms with Gasteiger partial charge in [0.1, 0.15) is 5.75 Å². The van der Waals surface area contributed by atoms with E-state index in [1.807, 2.05) is 0 Å². The fourth-order valence-corrected chi connectivity index (χ4v) is 2.45. The average molecular weight is 324 g/mol. The molecule has 1 N–H and O–H groups in total. The second-order valence-corrected chi connectivity index (χ2v) is 6.67. The van der Waals surface area contributed by atoms with Crippen LogP contribution in [0.15, 0.2) is 45.9 Å². The normalized spacial score (nSPS) is 11.5. The first-order valence-electron chi connectivity index (χ1n) is 6.32. The highest BCUT2D eigenvalue weighted by Gasteiger charge is 2.23. The van der Waals surface area contributed by atoms with Crippen LogP contribution in [-0.4, -0.2) is 39.8 Å². The predicted molar refractivity (Wildman–Crippen MR) is 80.5 cm³/mol. The Labute approximate surface area is 128 Å². The highest BCUT2D eigenvalue weighted by Crippen LogP contribution is 2.20. The number of hydrogen-bond acceptors (Lipinski definition) is 5. The Kier molecular flexibility index (Phi) is 4.53. The molecule has 0 aliphatic heterocycles. The molecule has 1 amide bonds. The number of furan rings is 1. The average Bonchev–Trinajstić information content (AvgIpc) is 2.98. The highest BCUT2D eigenvalue weighted by molar-refractivity contribution is 7.88. The van der Waals surface area contributed by atoms with Gasteiger partial charge >= 0.3 is 0 Å². The summed E-state index contributed by atoms with van der Waals surface area (Å²) in [5, 5.41) is 2.32. The molecule has 0 fully saturated rings. The van der Waals surface area contributed by atoms with E-state index >= 15 is 0 Å². The highest BCUT2D eigenvalue weighted by atomic mass is 32.2. The molecule has 118 valence electrons. The zero-order valence-corrected chi connectivity index (χ0v) is 13.2. The first kappa shape index (κ1) is 16.1. The molecule has 0 saturated heterocycles. The third-order valence-electron chi connectivity index (χ3n) is 2.87. The number of amides is 1. The topological polar surface area (TPSA) is 88.8 Å². The molecule has 0 bridgehead atoms. The summed E-state index contributed by atoms with van der Waals surface area (Å²) >= 11 is 0. The zero-order valence-electron chi connectivity index (χ0n) is 12.4. The van der Waals surface area contributed by atoms with Crippen LogP contribution in [0.1, 0.15) is 10.6 Å². The Balaban J connectivity index is 2.19. The number of methoxy groups -OCH3 is 1. The number of benzene rings is 1. The van der Waals surface area contributed by atoms with E-state index in [0.29, 0.717) is 11.4 Å². The van der Waals surface area contributed by atoms with E-state index in [1.54, 1.807) is 24.3 Å².